The first-order chi connectivity index (χ1) is 16.5. The first kappa shape index (κ1) is 22.1. The Hall–Kier alpha value is -3.72. The van der Waals surface area contributed by atoms with Crippen molar-refractivity contribution in [3.8, 4) is 5.75 Å². The van der Waals surface area contributed by atoms with E-state index in [2.05, 4.69) is 42.7 Å². The van der Waals surface area contributed by atoms with Crippen LogP contribution in [0.5, 0.6) is 5.75 Å². The highest BCUT2D eigenvalue weighted by Crippen LogP contribution is 2.29. The predicted octanol–water partition coefficient (Wildman–Crippen LogP) is 2.68. The van der Waals surface area contributed by atoms with Gasteiger partial charge in [0.15, 0.2) is 0 Å². The van der Waals surface area contributed by atoms with Gasteiger partial charge in [-0.3, -0.25) is 4.98 Å². The Balaban J connectivity index is 1.31. The van der Waals surface area contributed by atoms with Crippen molar-refractivity contribution in [2.24, 2.45) is 4.99 Å². The van der Waals surface area contributed by atoms with Gasteiger partial charge in [-0.2, -0.15) is 0 Å². The predicted molar refractivity (Wildman–Crippen MR) is 128 cm³/mol. The molecule has 0 saturated heterocycles. The van der Waals surface area contributed by atoms with E-state index in [1.807, 2.05) is 13.0 Å². The van der Waals surface area contributed by atoms with Gasteiger partial charge in [-0.05, 0) is 43.7 Å². The standard InChI is InChI=1S/C24H22ClFN6O2/c1-14-9-28-24(34-14)32-17-2-4-21-19(7-17)23(30-13-29-21)31-18-3-5-22(20(25)8-18)33-12-15-6-16(26)11-27-10-15/h3-8,10-11,13-14,17H,2,9,12H2,1H3,(H,28,32)(H,29,30,31). The first-order valence-electron chi connectivity index (χ1n) is 10.8. The number of hydrogen-bond donors (Lipinski definition) is 2. The van der Waals surface area contributed by atoms with E-state index in [4.69, 9.17) is 21.1 Å². The van der Waals surface area contributed by atoms with Crippen LogP contribution in [0.25, 0.3) is 12.2 Å². The molecule has 1 aliphatic carbocycles. The Morgan fingerprint density at radius 1 is 1.24 bits per heavy atom. The molecule has 2 aromatic heterocycles. The fourth-order valence-corrected chi connectivity index (χ4v) is 3.92. The first-order valence-corrected chi connectivity index (χ1v) is 11.2. The van der Waals surface area contributed by atoms with Crippen LogP contribution in [0.3, 0.4) is 0 Å². The van der Waals surface area contributed by atoms with Crippen LogP contribution in [0.4, 0.5) is 15.9 Å². The van der Waals surface area contributed by atoms with Gasteiger partial charge in [0.1, 0.15) is 36.4 Å². The number of aromatic nitrogens is 3. The summed E-state index contributed by atoms with van der Waals surface area (Å²) < 4.78 is 24.7. The fourth-order valence-electron chi connectivity index (χ4n) is 3.69. The molecule has 34 heavy (non-hydrogen) atoms. The largest absolute Gasteiger partial charge is 0.487 e. The van der Waals surface area contributed by atoms with Crippen molar-refractivity contribution >= 4 is 41.3 Å². The molecule has 2 atom stereocenters. The summed E-state index contributed by atoms with van der Waals surface area (Å²) in [7, 11) is 0. The van der Waals surface area contributed by atoms with Crippen LogP contribution in [0.2, 0.25) is 5.02 Å². The number of hydrogen-bond acceptors (Lipinski definition) is 8. The number of halogens is 2. The van der Waals surface area contributed by atoms with Crippen LogP contribution in [0, 0.1) is 5.82 Å². The highest BCUT2D eigenvalue weighted by molar-refractivity contribution is 6.32. The minimum Gasteiger partial charge on any atom is -0.487 e. The second-order valence-corrected chi connectivity index (χ2v) is 8.43. The fraction of sp³-hybridized carbons (Fsp3) is 0.250. The molecule has 2 N–H and O–H groups in total. The van der Waals surface area contributed by atoms with E-state index in [1.165, 1.54) is 12.4 Å². The molecule has 0 amide bonds. The molecule has 3 aromatic rings. The number of rotatable bonds is 6. The molecule has 174 valence electrons. The number of nitrogens with one attached hydrogen (secondary N) is 2. The highest BCUT2D eigenvalue weighted by Gasteiger charge is 2.19. The third kappa shape index (κ3) is 5.09. The number of ether oxygens (including phenoxy) is 2. The minimum absolute atomic E-state index is 0.0137. The molecule has 0 saturated carbocycles. The Kier molecular flexibility index (Phi) is 6.27. The minimum atomic E-state index is -0.412. The second-order valence-electron chi connectivity index (χ2n) is 8.02. The van der Waals surface area contributed by atoms with Crippen LogP contribution in [-0.4, -0.2) is 39.7 Å². The number of pyridine rings is 1. The number of amidine groups is 1. The number of anilines is 2. The number of nitrogens with zero attached hydrogens (tertiary/aromatic N) is 4. The van der Waals surface area contributed by atoms with Crippen molar-refractivity contribution < 1.29 is 13.9 Å². The maximum Gasteiger partial charge on any atom is 0.285 e. The van der Waals surface area contributed by atoms with Crippen molar-refractivity contribution in [3.05, 3.63) is 70.0 Å². The summed E-state index contributed by atoms with van der Waals surface area (Å²) >= 11 is 6.43. The zero-order valence-corrected chi connectivity index (χ0v) is 19.1. The molecule has 5 rings (SSSR count). The van der Waals surface area contributed by atoms with Gasteiger partial charge in [-0.1, -0.05) is 17.7 Å². The molecule has 3 heterocycles. The van der Waals surface area contributed by atoms with E-state index in [0.717, 1.165) is 28.9 Å². The molecule has 8 nitrogen and oxygen atoms in total. The maximum absolute atomic E-state index is 13.3. The summed E-state index contributed by atoms with van der Waals surface area (Å²) in [5, 5.41) is 8.78. The molecule has 0 spiro atoms. The van der Waals surface area contributed by atoms with Crippen LogP contribution in [0.1, 0.15) is 18.9 Å². The summed E-state index contributed by atoms with van der Waals surface area (Å²) in [6.45, 7) is 2.80. The van der Waals surface area contributed by atoms with E-state index < -0.39 is 5.82 Å². The van der Waals surface area contributed by atoms with Crippen LogP contribution < -0.4 is 25.9 Å². The quantitative estimate of drug-likeness (QED) is 0.560. The normalized spacial score (nSPS) is 18.6. The summed E-state index contributed by atoms with van der Waals surface area (Å²) in [6, 6.07) is 7.29. The lowest BCUT2D eigenvalue weighted by Gasteiger charge is -2.18. The van der Waals surface area contributed by atoms with Gasteiger partial charge >= 0.3 is 0 Å². The average molecular weight is 481 g/mol. The van der Waals surface area contributed by atoms with E-state index >= 15 is 0 Å². The van der Waals surface area contributed by atoms with E-state index in [1.54, 1.807) is 18.3 Å². The molecule has 10 heteroatoms. The maximum atomic E-state index is 13.3. The number of fused-ring (bicyclic) bond motifs is 1. The smallest absolute Gasteiger partial charge is 0.285 e. The molecule has 2 aliphatic rings. The zero-order valence-electron chi connectivity index (χ0n) is 18.3. The topological polar surface area (TPSA) is 93.6 Å². The van der Waals surface area contributed by atoms with Gasteiger partial charge < -0.3 is 20.1 Å². The monoisotopic (exact) mass is 480 g/mol. The molecule has 1 aliphatic heterocycles. The molecule has 0 bridgehead atoms. The van der Waals surface area contributed by atoms with Gasteiger partial charge in [0.2, 0.25) is 0 Å². The van der Waals surface area contributed by atoms with Crippen LogP contribution in [0.15, 0.2) is 48.0 Å². The molecule has 2 unspecified atom stereocenters. The van der Waals surface area contributed by atoms with Crippen LogP contribution >= 0.6 is 11.6 Å². The van der Waals surface area contributed by atoms with Crippen molar-refractivity contribution in [2.45, 2.75) is 32.1 Å². The average Bonchev–Trinajstić information content (AvgIpc) is 3.23. The lowest BCUT2D eigenvalue weighted by atomic mass is 10.1. The van der Waals surface area contributed by atoms with Gasteiger partial charge in [0.05, 0.1) is 29.2 Å². The Morgan fingerprint density at radius 3 is 2.94 bits per heavy atom. The van der Waals surface area contributed by atoms with Crippen LogP contribution in [-0.2, 0) is 11.3 Å². The van der Waals surface area contributed by atoms with Gasteiger partial charge in [0.25, 0.3) is 6.02 Å². The van der Waals surface area contributed by atoms with E-state index in [0.29, 0.717) is 34.7 Å². The Labute approximate surface area is 200 Å². The molecular formula is C24H22ClFN6O2. The highest BCUT2D eigenvalue weighted by atomic mass is 35.5. The lowest BCUT2D eigenvalue weighted by Crippen LogP contribution is -2.42. The second kappa shape index (κ2) is 9.64. The lowest BCUT2D eigenvalue weighted by molar-refractivity contribution is 0.234. The van der Waals surface area contributed by atoms with Crippen molar-refractivity contribution in [1.82, 2.24) is 20.3 Å². The number of aliphatic imine (C=N–C) groups is 1. The Morgan fingerprint density at radius 2 is 2.15 bits per heavy atom. The van der Waals surface area contributed by atoms with Crippen molar-refractivity contribution in [3.63, 3.8) is 0 Å². The third-order valence-electron chi connectivity index (χ3n) is 5.31. The molecular weight excluding hydrogens is 459 g/mol. The third-order valence-corrected chi connectivity index (χ3v) is 5.61. The van der Waals surface area contributed by atoms with Crippen molar-refractivity contribution in [1.29, 1.82) is 0 Å². The van der Waals surface area contributed by atoms with Gasteiger partial charge in [-0.25, -0.2) is 19.4 Å². The van der Waals surface area contributed by atoms with E-state index in [9.17, 15) is 4.39 Å². The zero-order chi connectivity index (χ0) is 23.5. The number of benzene rings is 1. The molecule has 0 fully saturated rings. The summed E-state index contributed by atoms with van der Waals surface area (Å²) in [5.74, 6) is 0.729. The van der Waals surface area contributed by atoms with Gasteiger partial charge in [-0.15, -0.1) is 0 Å². The van der Waals surface area contributed by atoms with Crippen molar-refractivity contribution in [2.75, 3.05) is 11.9 Å². The Bertz CT molecular complexity index is 1370. The van der Waals surface area contributed by atoms with Gasteiger partial charge in [0, 0.05) is 22.7 Å². The molecule has 0 radical (unpaired) electrons. The van der Waals surface area contributed by atoms with E-state index in [-0.39, 0.29) is 18.8 Å². The SMILES string of the molecule is CC1CN=C(NC2C=c3c(Nc4ccc(OCc5cncc(F)c5)c(Cl)c4)ncnc3=CC2)O1. The summed E-state index contributed by atoms with van der Waals surface area (Å²) in [6.07, 6.45) is 9.20. The summed E-state index contributed by atoms with van der Waals surface area (Å²) in [4.78, 5) is 17.0. The molecule has 1 aromatic carbocycles. The summed E-state index contributed by atoms with van der Waals surface area (Å²) in [5.41, 5.74) is 1.36.